The first-order chi connectivity index (χ1) is 11.4. The summed E-state index contributed by atoms with van der Waals surface area (Å²) in [6.45, 7) is 7.53. The number of rotatable bonds is 6. The predicted octanol–water partition coefficient (Wildman–Crippen LogP) is 3.38. The molecule has 2 amide bonds. The van der Waals surface area contributed by atoms with E-state index in [4.69, 9.17) is 11.6 Å². The Hall–Kier alpha value is -1.75. The highest BCUT2D eigenvalue weighted by atomic mass is 35.5. The van der Waals surface area contributed by atoms with Gasteiger partial charge < -0.3 is 15.5 Å². The van der Waals surface area contributed by atoms with Gasteiger partial charge in [0.05, 0.1) is 5.56 Å². The Balaban J connectivity index is 2.30. The van der Waals surface area contributed by atoms with Gasteiger partial charge in [0.2, 0.25) is 5.91 Å². The largest absolute Gasteiger partial charge is 0.371 e. The number of hydrogen-bond acceptors (Lipinski definition) is 3. The zero-order chi connectivity index (χ0) is 17.7. The molecule has 1 aliphatic rings. The van der Waals surface area contributed by atoms with E-state index < -0.39 is 5.38 Å². The fraction of sp³-hybridized carbons (Fsp3) is 0.556. The molecule has 24 heavy (non-hydrogen) atoms. The third-order valence-electron chi connectivity index (χ3n) is 4.31. The minimum absolute atomic E-state index is 0.102. The quantitative estimate of drug-likeness (QED) is 0.772. The predicted molar refractivity (Wildman–Crippen MR) is 99.1 cm³/mol. The Bertz CT molecular complexity index is 598. The van der Waals surface area contributed by atoms with Gasteiger partial charge in [0.25, 0.3) is 5.91 Å². The number of benzene rings is 1. The van der Waals surface area contributed by atoms with E-state index in [2.05, 4.69) is 15.5 Å². The number of carbonyl (C=O) groups excluding carboxylic acids is 2. The van der Waals surface area contributed by atoms with Gasteiger partial charge in [0.1, 0.15) is 5.38 Å². The molecular weight excluding hydrogens is 326 g/mol. The molecule has 5 nitrogen and oxygen atoms in total. The molecule has 1 saturated heterocycles. The first-order valence-corrected chi connectivity index (χ1v) is 9.00. The van der Waals surface area contributed by atoms with E-state index in [1.165, 1.54) is 0 Å². The lowest BCUT2D eigenvalue weighted by Gasteiger charge is -2.23. The first kappa shape index (κ1) is 18.6. The average molecular weight is 352 g/mol. The minimum Gasteiger partial charge on any atom is -0.371 e. The number of anilines is 2. The van der Waals surface area contributed by atoms with Gasteiger partial charge in [0, 0.05) is 30.5 Å². The lowest BCUT2D eigenvalue weighted by Crippen LogP contribution is -2.33. The molecule has 2 unspecified atom stereocenters. The van der Waals surface area contributed by atoms with E-state index in [-0.39, 0.29) is 17.9 Å². The molecule has 0 spiro atoms. The summed E-state index contributed by atoms with van der Waals surface area (Å²) in [5, 5.41) is 5.14. The Morgan fingerprint density at radius 2 is 1.92 bits per heavy atom. The van der Waals surface area contributed by atoms with Crippen molar-refractivity contribution in [2.75, 3.05) is 23.3 Å². The van der Waals surface area contributed by atoms with Crippen LogP contribution in [0.4, 0.5) is 11.4 Å². The number of amides is 2. The van der Waals surface area contributed by atoms with Gasteiger partial charge in [-0.3, -0.25) is 9.59 Å². The average Bonchev–Trinajstić information content (AvgIpc) is 3.08. The number of nitrogens with zero attached hydrogens (tertiary/aromatic N) is 1. The number of nitrogens with one attached hydrogen (secondary N) is 2. The topological polar surface area (TPSA) is 61.4 Å². The highest BCUT2D eigenvalue weighted by molar-refractivity contribution is 6.32. The van der Waals surface area contributed by atoms with Crippen LogP contribution in [-0.2, 0) is 4.79 Å². The van der Waals surface area contributed by atoms with Gasteiger partial charge in [-0.15, -0.1) is 11.6 Å². The highest BCUT2D eigenvalue weighted by Crippen LogP contribution is 2.28. The highest BCUT2D eigenvalue weighted by Gasteiger charge is 2.21. The van der Waals surface area contributed by atoms with E-state index in [1.54, 1.807) is 13.0 Å². The summed E-state index contributed by atoms with van der Waals surface area (Å²) in [7, 11) is 0. The molecule has 1 aromatic rings. The van der Waals surface area contributed by atoms with Crippen LogP contribution in [0.3, 0.4) is 0 Å². The molecule has 2 rings (SSSR count). The zero-order valence-corrected chi connectivity index (χ0v) is 15.3. The van der Waals surface area contributed by atoms with Crippen molar-refractivity contribution in [3.63, 3.8) is 0 Å². The van der Waals surface area contributed by atoms with E-state index in [0.29, 0.717) is 11.3 Å². The summed E-state index contributed by atoms with van der Waals surface area (Å²) in [5.74, 6) is -0.389. The molecule has 1 aromatic carbocycles. The summed E-state index contributed by atoms with van der Waals surface area (Å²) in [6.07, 6.45) is 3.13. The van der Waals surface area contributed by atoms with Crippen molar-refractivity contribution in [2.45, 2.75) is 51.5 Å². The van der Waals surface area contributed by atoms with Crippen molar-refractivity contribution >= 4 is 34.8 Å². The molecule has 1 aliphatic heterocycles. The summed E-state index contributed by atoms with van der Waals surface area (Å²) >= 11 is 5.80. The van der Waals surface area contributed by atoms with Crippen LogP contribution in [0.2, 0.25) is 0 Å². The summed E-state index contributed by atoms with van der Waals surface area (Å²) in [5.41, 5.74) is 2.10. The van der Waals surface area contributed by atoms with Crippen LogP contribution in [0.25, 0.3) is 0 Å². The molecule has 0 aromatic heterocycles. The molecular formula is C18H26ClN3O2. The molecule has 1 heterocycles. The SMILES string of the molecule is CCC(C)NC(=O)c1cc(NC(=O)C(C)Cl)ccc1N1CCCC1. The van der Waals surface area contributed by atoms with Crippen LogP contribution in [0.15, 0.2) is 18.2 Å². The summed E-state index contributed by atoms with van der Waals surface area (Å²) in [6, 6.07) is 5.57. The molecule has 0 bridgehead atoms. The molecule has 0 radical (unpaired) electrons. The lowest BCUT2D eigenvalue weighted by molar-refractivity contribution is -0.115. The van der Waals surface area contributed by atoms with Crippen LogP contribution < -0.4 is 15.5 Å². The molecule has 0 saturated carbocycles. The molecule has 6 heteroatoms. The van der Waals surface area contributed by atoms with Gasteiger partial charge in [-0.1, -0.05) is 6.92 Å². The van der Waals surface area contributed by atoms with E-state index in [1.807, 2.05) is 26.0 Å². The van der Waals surface area contributed by atoms with Crippen molar-refractivity contribution in [1.82, 2.24) is 5.32 Å². The molecule has 1 fully saturated rings. The van der Waals surface area contributed by atoms with Crippen LogP contribution in [0.1, 0.15) is 50.4 Å². The number of alkyl halides is 1. The van der Waals surface area contributed by atoms with Gasteiger partial charge in [-0.2, -0.15) is 0 Å². The molecule has 2 atom stereocenters. The summed E-state index contributed by atoms with van der Waals surface area (Å²) < 4.78 is 0. The Morgan fingerprint density at radius 1 is 1.25 bits per heavy atom. The third kappa shape index (κ3) is 4.63. The summed E-state index contributed by atoms with van der Waals surface area (Å²) in [4.78, 5) is 26.7. The van der Waals surface area contributed by atoms with Gasteiger partial charge in [0.15, 0.2) is 0 Å². The van der Waals surface area contributed by atoms with Crippen LogP contribution >= 0.6 is 11.6 Å². The Morgan fingerprint density at radius 3 is 2.50 bits per heavy atom. The van der Waals surface area contributed by atoms with Crippen LogP contribution in [-0.4, -0.2) is 36.3 Å². The van der Waals surface area contributed by atoms with Gasteiger partial charge in [-0.25, -0.2) is 0 Å². The normalized spacial score (nSPS) is 16.6. The second-order valence-corrected chi connectivity index (χ2v) is 6.97. The van der Waals surface area contributed by atoms with E-state index in [0.717, 1.165) is 38.0 Å². The Kier molecular flexibility index (Phi) is 6.49. The second-order valence-electron chi connectivity index (χ2n) is 6.31. The van der Waals surface area contributed by atoms with Crippen molar-refractivity contribution < 1.29 is 9.59 Å². The number of halogens is 1. The number of hydrogen-bond donors (Lipinski definition) is 2. The standard InChI is InChI=1S/C18H26ClN3O2/c1-4-12(2)20-18(24)15-11-14(21-17(23)13(3)19)7-8-16(15)22-9-5-6-10-22/h7-8,11-13H,4-6,9-10H2,1-3H3,(H,20,24)(H,21,23). The van der Waals surface area contributed by atoms with Crippen molar-refractivity contribution in [3.8, 4) is 0 Å². The van der Waals surface area contributed by atoms with E-state index in [9.17, 15) is 9.59 Å². The third-order valence-corrected chi connectivity index (χ3v) is 4.50. The minimum atomic E-state index is -0.624. The monoisotopic (exact) mass is 351 g/mol. The second kappa shape index (κ2) is 8.38. The lowest BCUT2D eigenvalue weighted by atomic mass is 10.1. The fourth-order valence-corrected chi connectivity index (χ4v) is 2.73. The molecule has 132 valence electrons. The maximum Gasteiger partial charge on any atom is 0.253 e. The van der Waals surface area contributed by atoms with Gasteiger partial charge >= 0.3 is 0 Å². The molecule has 0 aliphatic carbocycles. The maximum absolute atomic E-state index is 12.7. The first-order valence-electron chi connectivity index (χ1n) is 8.57. The van der Waals surface area contributed by atoms with E-state index >= 15 is 0 Å². The zero-order valence-electron chi connectivity index (χ0n) is 14.6. The van der Waals surface area contributed by atoms with Crippen molar-refractivity contribution in [1.29, 1.82) is 0 Å². The Labute approximate surface area is 148 Å². The van der Waals surface area contributed by atoms with Gasteiger partial charge in [-0.05, 0) is 51.3 Å². The smallest absolute Gasteiger partial charge is 0.253 e. The number of carbonyl (C=O) groups is 2. The van der Waals surface area contributed by atoms with Crippen molar-refractivity contribution in [2.24, 2.45) is 0 Å². The van der Waals surface area contributed by atoms with Crippen LogP contribution in [0.5, 0.6) is 0 Å². The maximum atomic E-state index is 12.7. The molecule has 2 N–H and O–H groups in total. The van der Waals surface area contributed by atoms with Crippen LogP contribution in [0, 0.1) is 0 Å². The fourth-order valence-electron chi connectivity index (χ4n) is 2.67. The van der Waals surface area contributed by atoms with Crippen molar-refractivity contribution in [3.05, 3.63) is 23.8 Å².